The van der Waals surface area contributed by atoms with Crippen LogP contribution in [0.15, 0.2) is 54.6 Å². The van der Waals surface area contributed by atoms with Gasteiger partial charge >= 0.3 is 0 Å². The van der Waals surface area contributed by atoms with Gasteiger partial charge in [-0.3, -0.25) is 10.1 Å². The normalized spacial score (nSPS) is 11.6. The van der Waals surface area contributed by atoms with E-state index in [1.807, 2.05) is 30.3 Å². The maximum atomic E-state index is 12.4. The predicted molar refractivity (Wildman–Crippen MR) is 90.9 cm³/mol. The molecular formula is C17H17N5O3. The molecule has 0 bridgehead atoms. The maximum absolute atomic E-state index is 12.4. The minimum atomic E-state index is -0.727. The van der Waals surface area contributed by atoms with E-state index in [2.05, 4.69) is 20.8 Å². The van der Waals surface area contributed by atoms with Crippen molar-refractivity contribution in [3.63, 3.8) is 0 Å². The molecule has 128 valence electrons. The van der Waals surface area contributed by atoms with Crippen molar-refractivity contribution in [2.45, 2.75) is 13.0 Å². The van der Waals surface area contributed by atoms with Gasteiger partial charge in [-0.05, 0) is 53.7 Å². The lowest BCUT2D eigenvalue weighted by molar-refractivity contribution is -0.122. The zero-order valence-corrected chi connectivity index (χ0v) is 13.8. The number of rotatable bonds is 6. The van der Waals surface area contributed by atoms with Crippen LogP contribution in [0.5, 0.6) is 11.5 Å². The van der Waals surface area contributed by atoms with Crippen LogP contribution in [0.3, 0.4) is 0 Å². The van der Waals surface area contributed by atoms with Gasteiger partial charge < -0.3 is 9.47 Å². The Morgan fingerprint density at radius 3 is 2.44 bits per heavy atom. The number of carbonyl (C=O) groups excluding carboxylic acids is 1. The molecule has 0 unspecified atom stereocenters. The number of benzene rings is 2. The van der Waals surface area contributed by atoms with Gasteiger partial charge in [-0.2, -0.15) is 4.68 Å². The van der Waals surface area contributed by atoms with Crippen LogP contribution >= 0.6 is 0 Å². The number of ether oxygens (including phenoxy) is 2. The Balaban J connectivity index is 1.67. The highest BCUT2D eigenvalue weighted by Gasteiger charge is 2.18. The first kappa shape index (κ1) is 16.4. The Bertz CT molecular complexity index is 833. The molecule has 2 aromatic carbocycles. The number of methoxy groups -OCH3 is 1. The molecule has 0 saturated carbocycles. The predicted octanol–water partition coefficient (Wildman–Crippen LogP) is 2.08. The van der Waals surface area contributed by atoms with E-state index in [4.69, 9.17) is 9.47 Å². The van der Waals surface area contributed by atoms with E-state index in [0.29, 0.717) is 11.5 Å². The molecule has 3 rings (SSSR count). The molecule has 0 aliphatic rings. The number of anilines is 1. The fourth-order valence-electron chi connectivity index (χ4n) is 2.13. The number of aromatic nitrogens is 4. The number of hydrogen-bond acceptors (Lipinski definition) is 6. The average Bonchev–Trinajstić information content (AvgIpc) is 3.11. The smallest absolute Gasteiger partial charge is 0.267 e. The van der Waals surface area contributed by atoms with E-state index in [1.54, 1.807) is 38.3 Å². The standard InChI is InChI=1S/C17H17N5O3/c1-12(25-15-10-8-14(24-2)9-11-15)16(23)18-17-19-20-21-22(17)13-6-4-3-5-7-13/h3-12H,1-2H3,(H,18,19,21,23)/t12-/m0/s1. The maximum Gasteiger partial charge on any atom is 0.267 e. The Labute approximate surface area is 144 Å². The largest absolute Gasteiger partial charge is 0.497 e. The lowest BCUT2D eigenvalue weighted by Gasteiger charge is -2.14. The van der Waals surface area contributed by atoms with Crippen molar-refractivity contribution in [3.05, 3.63) is 54.6 Å². The zero-order chi connectivity index (χ0) is 17.6. The molecular weight excluding hydrogens is 322 g/mol. The van der Waals surface area contributed by atoms with Crippen LogP contribution in [0.2, 0.25) is 0 Å². The Hall–Kier alpha value is -3.42. The summed E-state index contributed by atoms with van der Waals surface area (Å²) >= 11 is 0. The van der Waals surface area contributed by atoms with Gasteiger partial charge in [-0.1, -0.05) is 23.3 Å². The number of nitrogens with zero attached hydrogens (tertiary/aromatic N) is 4. The lowest BCUT2D eigenvalue weighted by atomic mass is 10.3. The molecule has 0 radical (unpaired) electrons. The molecule has 1 N–H and O–H groups in total. The summed E-state index contributed by atoms with van der Waals surface area (Å²) in [5.74, 6) is 1.14. The number of carbonyl (C=O) groups is 1. The summed E-state index contributed by atoms with van der Waals surface area (Å²) in [6.07, 6.45) is -0.727. The van der Waals surface area contributed by atoms with Gasteiger partial charge in [0.05, 0.1) is 12.8 Å². The minimum Gasteiger partial charge on any atom is -0.497 e. The van der Waals surface area contributed by atoms with Gasteiger partial charge in [0.2, 0.25) is 0 Å². The number of tetrazole rings is 1. The second-order valence-corrected chi connectivity index (χ2v) is 5.17. The summed E-state index contributed by atoms with van der Waals surface area (Å²) < 4.78 is 12.2. The van der Waals surface area contributed by atoms with Gasteiger partial charge in [0.15, 0.2) is 6.10 Å². The minimum absolute atomic E-state index is 0.224. The molecule has 0 aliphatic heterocycles. The van der Waals surface area contributed by atoms with E-state index >= 15 is 0 Å². The van der Waals surface area contributed by atoms with Crippen LogP contribution in [0.1, 0.15) is 6.92 Å². The molecule has 0 fully saturated rings. The van der Waals surface area contributed by atoms with Crippen molar-refractivity contribution in [2.24, 2.45) is 0 Å². The highest BCUT2D eigenvalue weighted by Crippen LogP contribution is 2.18. The summed E-state index contributed by atoms with van der Waals surface area (Å²) in [4.78, 5) is 12.4. The van der Waals surface area contributed by atoms with E-state index < -0.39 is 6.10 Å². The first-order chi connectivity index (χ1) is 12.2. The van der Waals surface area contributed by atoms with E-state index in [-0.39, 0.29) is 11.9 Å². The first-order valence-corrected chi connectivity index (χ1v) is 7.63. The molecule has 25 heavy (non-hydrogen) atoms. The lowest BCUT2D eigenvalue weighted by Crippen LogP contribution is -2.31. The van der Waals surface area contributed by atoms with Crippen molar-refractivity contribution in [1.29, 1.82) is 0 Å². The average molecular weight is 339 g/mol. The van der Waals surface area contributed by atoms with Crippen molar-refractivity contribution in [1.82, 2.24) is 20.2 Å². The molecule has 8 heteroatoms. The summed E-state index contributed by atoms with van der Waals surface area (Å²) in [7, 11) is 1.59. The summed E-state index contributed by atoms with van der Waals surface area (Å²) in [6.45, 7) is 1.65. The summed E-state index contributed by atoms with van der Waals surface area (Å²) in [5, 5.41) is 14.0. The van der Waals surface area contributed by atoms with Gasteiger partial charge in [-0.25, -0.2) is 0 Å². The fourth-order valence-corrected chi connectivity index (χ4v) is 2.13. The van der Waals surface area contributed by atoms with Crippen LogP contribution in [0.4, 0.5) is 5.95 Å². The molecule has 0 aliphatic carbocycles. The Morgan fingerprint density at radius 2 is 1.76 bits per heavy atom. The van der Waals surface area contributed by atoms with Crippen LogP contribution in [-0.4, -0.2) is 39.3 Å². The van der Waals surface area contributed by atoms with E-state index in [9.17, 15) is 4.79 Å². The SMILES string of the molecule is COc1ccc(O[C@@H](C)C(=O)Nc2nnnn2-c2ccccc2)cc1. The monoisotopic (exact) mass is 339 g/mol. The third kappa shape index (κ3) is 3.92. The zero-order valence-electron chi connectivity index (χ0n) is 13.8. The third-order valence-electron chi connectivity index (χ3n) is 3.45. The number of nitrogens with one attached hydrogen (secondary N) is 1. The van der Waals surface area contributed by atoms with E-state index in [0.717, 1.165) is 5.69 Å². The third-order valence-corrected chi connectivity index (χ3v) is 3.45. The van der Waals surface area contributed by atoms with Crippen molar-refractivity contribution >= 4 is 11.9 Å². The van der Waals surface area contributed by atoms with Gasteiger partial charge in [0, 0.05) is 0 Å². The van der Waals surface area contributed by atoms with Crippen LogP contribution in [-0.2, 0) is 4.79 Å². The van der Waals surface area contributed by atoms with E-state index in [1.165, 1.54) is 4.68 Å². The number of hydrogen-bond donors (Lipinski definition) is 1. The van der Waals surface area contributed by atoms with Gasteiger partial charge in [0.25, 0.3) is 11.9 Å². The highest BCUT2D eigenvalue weighted by atomic mass is 16.5. The van der Waals surface area contributed by atoms with Crippen LogP contribution in [0, 0.1) is 0 Å². The molecule has 1 atom stereocenters. The highest BCUT2D eigenvalue weighted by molar-refractivity contribution is 5.92. The summed E-state index contributed by atoms with van der Waals surface area (Å²) in [5.41, 5.74) is 0.742. The van der Waals surface area contributed by atoms with Gasteiger partial charge in [0.1, 0.15) is 11.5 Å². The van der Waals surface area contributed by atoms with Gasteiger partial charge in [-0.15, -0.1) is 0 Å². The van der Waals surface area contributed by atoms with Crippen LogP contribution in [0.25, 0.3) is 5.69 Å². The van der Waals surface area contributed by atoms with Crippen molar-refractivity contribution < 1.29 is 14.3 Å². The second-order valence-electron chi connectivity index (χ2n) is 5.17. The molecule has 3 aromatic rings. The number of amides is 1. The summed E-state index contributed by atoms with van der Waals surface area (Å²) in [6, 6.07) is 16.3. The topological polar surface area (TPSA) is 91.2 Å². The molecule has 8 nitrogen and oxygen atoms in total. The Morgan fingerprint density at radius 1 is 1.08 bits per heavy atom. The van der Waals surface area contributed by atoms with Crippen LogP contribution < -0.4 is 14.8 Å². The molecule has 0 spiro atoms. The Kier molecular flexibility index (Phi) is 4.89. The quantitative estimate of drug-likeness (QED) is 0.739. The first-order valence-electron chi connectivity index (χ1n) is 7.63. The fraction of sp³-hybridized carbons (Fsp3) is 0.176. The molecule has 1 heterocycles. The molecule has 1 amide bonds. The molecule has 0 saturated heterocycles. The molecule has 1 aromatic heterocycles. The number of para-hydroxylation sites is 1. The van der Waals surface area contributed by atoms with Crippen molar-refractivity contribution in [3.8, 4) is 17.2 Å². The second kappa shape index (κ2) is 7.43. The van der Waals surface area contributed by atoms with Crippen molar-refractivity contribution in [2.75, 3.05) is 12.4 Å².